The molecule has 4 rings (SSSR count). The van der Waals surface area contributed by atoms with Crippen molar-refractivity contribution in [3.63, 3.8) is 0 Å². The average molecular weight is 466 g/mol. The van der Waals surface area contributed by atoms with Gasteiger partial charge in [0, 0.05) is 26.0 Å². The molecule has 0 saturated heterocycles. The predicted octanol–water partition coefficient (Wildman–Crippen LogP) is 6.77. The van der Waals surface area contributed by atoms with Crippen molar-refractivity contribution in [3.05, 3.63) is 85.3 Å². The molecule has 8 heteroatoms. The molecule has 0 fully saturated rings. The van der Waals surface area contributed by atoms with E-state index in [2.05, 4.69) is 5.10 Å². The summed E-state index contributed by atoms with van der Waals surface area (Å²) in [5, 5.41) is 7.12. The molecule has 0 aliphatic rings. The van der Waals surface area contributed by atoms with Gasteiger partial charge in [-0.15, -0.1) is 11.3 Å². The first-order valence-electron chi connectivity index (χ1n) is 8.74. The Labute approximate surface area is 186 Å². The topological polar surface area (TPSA) is 44.1 Å². The van der Waals surface area contributed by atoms with Crippen LogP contribution in [0.25, 0.3) is 10.2 Å². The second-order valence-corrected chi connectivity index (χ2v) is 8.69. The molecule has 2 aromatic heterocycles. The normalized spacial score (nSPS) is 11.2. The Morgan fingerprint density at radius 2 is 1.76 bits per heavy atom. The second-order valence-electron chi connectivity index (χ2n) is 6.44. The Morgan fingerprint density at radius 1 is 1.07 bits per heavy atom. The molecule has 148 valence electrons. The maximum Gasteiger partial charge on any atom is 0.348 e. The summed E-state index contributed by atoms with van der Waals surface area (Å²) >= 11 is 19.9. The van der Waals surface area contributed by atoms with Crippen molar-refractivity contribution in [1.29, 1.82) is 0 Å². The van der Waals surface area contributed by atoms with E-state index in [1.807, 2.05) is 41.9 Å². The summed E-state index contributed by atoms with van der Waals surface area (Å²) in [4.78, 5) is 14.0. The van der Waals surface area contributed by atoms with Gasteiger partial charge in [-0.25, -0.2) is 4.79 Å². The fraction of sp³-hybridized carbons (Fsp3) is 0.143. The monoisotopic (exact) mass is 464 g/mol. The Hall–Kier alpha value is -2.05. The highest BCUT2D eigenvalue weighted by atomic mass is 35.5. The quantitative estimate of drug-likeness (QED) is 0.305. The number of benzene rings is 2. The number of halogens is 3. The number of aromatic nitrogens is 2. The summed E-state index contributed by atoms with van der Waals surface area (Å²) in [7, 11) is 0. The summed E-state index contributed by atoms with van der Waals surface area (Å²) in [6.07, 6.45) is 0. The highest BCUT2D eigenvalue weighted by molar-refractivity contribution is 7.20. The lowest BCUT2D eigenvalue weighted by atomic mass is 10.2. The molecular weight excluding hydrogens is 451 g/mol. The first kappa shape index (κ1) is 20.2. The van der Waals surface area contributed by atoms with E-state index in [9.17, 15) is 4.79 Å². The minimum Gasteiger partial charge on any atom is -0.457 e. The zero-order chi connectivity index (χ0) is 20.5. The molecule has 29 heavy (non-hydrogen) atoms. The van der Waals surface area contributed by atoms with E-state index in [1.165, 1.54) is 11.3 Å². The maximum absolute atomic E-state index is 12.6. The van der Waals surface area contributed by atoms with Gasteiger partial charge in [0.1, 0.15) is 16.3 Å². The van der Waals surface area contributed by atoms with Crippen molar-refractivity contribution < 1.29 is 9.53 Å². The molecule has 2 aromatic carbocycles. The summed E-state index contributed by atoms with van der Waals surface area (Å²) < 4.78 is 7.30. The van der Waals surface area contributed by atoms with E-state index in [0.717, 1.165) is 21.5 Å². The van der Waals surface area contributed by atoms with Gasteiger partial charge in [0.25, 0.3) is 0 Å². The number of hydrogen-bond donors (Lipinski definition) is 0. The molecule has 0 N–H and O–H groups in total. The van der Waals surface area contributed by atoms with Crippen LogP contribution in [-0.4, -0.2) is 15.7 Å². The number of fused-ring (bicyclic) bond motifs is 1. The standard InChI is InChI=1S/C21H15Cl3N2O2S/c1-12-14-9-19(21(27)28-11-15-17(23)7-4-8-18(15)24)29-20(14)26(25-12)10-13-5-2-3-6-16(13)22/h2-9H,10-11H2,1H3. The van der Waals surface area contributed by atoms with Crippen molar-refractivity contribution in [2.24, 2.45) is 0 Å². The Bertz CT molecular complexity index is 1200. The Balaban J connectivity index is 1.57. The van der Waals surface area contributed by atoms with Crippen LogP contribution in [0.2, 0.25) is 15.1 Å². The van der Waals surface area contributed by atoms with E-state index in [0.29, 0.717) is 32.1 Å². The van der Waals surface area contributed by atoms with Gasteiger partial charge in [-0.05, 0) is 36.8 Å². The molecule has 0 radical (unpaired) electrons. The zero-order valence-electron chi connectivity index (χ0n) is 15.3. The number of hydrogen-bond acceptors (Lipinski definition) is 4. The van der Waals surface area contributed by atoms with Crippen LogP contribution in [0.5, 0.6) is 0 Å². The lowest BCUT2D eigenvalue weighted by Gasteiger charge is -2.07. The number of thiophene rings is 1. The number of esters is 1. The molecule has 0 unspecified atom stereocenters. The van der Waals surface area contributed by atoms with Crippen LogP contribution in [0.15, 0.2) is 48.5 Å². The zero-order valence-corrected chi connectivity index (χ0v) is 18.4. The van der Waals surface area contributed by atoms with Crippen molar-refractivity contribution in [3.8, 4) is 0 Å². The fourth-order valence-corrected chi connectivity index (χ4v) is 4.74. The maximum atomic E-state index is 12.6. The van der Waals surface area contributed by atoms with Crippen LogP contribution in [0.3, 0.4) is 0 Å². The van der Waals surface area contributed by atoms with Crippen molar-refractivity contribution in [1.82, 2.24) is 9.78 Å². The van der Waals surface area contributed by atoms with Crippen molar-refractivity contribution in [2.45, 2.75) is 20.1 Å². The van der Waals surface area contributed by atoms with Gasteiger partial charge >= 0.3 is 5.97 Å². The van der Waals surface area contributed by atoms with Crippen LogP contribution in [-0.2, 0) is 17.9 Å². The summed E-state index contributed by atoms with van der Waals surface area (Å²) in [6.45, 7) is 2.45. The van der Waals surface area contributed by atoms with Crippen LogP contribution in [0.4, 0.5) is 0 Å². The van der Waals surface area contributed by atoms with Crippen molar-refractivity contribution in [2.75, 3.05) is 0 Å². The SMILES string of the molecule is Cc1nn(Cc2ccccc2Cl)c2sc(C(=O)OCc3c(Cl)cccc3Cl)cc12. The predicted molar refractivity (Wildman–Crippen MR) is 118 cm³/mol. The van der Waals surface area contributed by atoms with Crippen LogP contribution in [0, 0.1) is 6.92 Å². The molecule has 0 atom stereocenters. The minimum absolute atomic E-state index is 0.0102. The number of carbonyl (C=O) groups excluding carboxylic acids is 1. The van der Waals surface area contributed by atoms with E-state index in [1.54, 1.807) is 18.2 Å². The van der Waals surface area contributed by atoms with Gasteiger partial charge in [0.05, 0.1) is 12.2 Å². The van der Waals surface area contributed by atoms with Gasteiger partial charge < -0.3 is 4.74 Å². The third-order valence-electron chi connectivity index (χ3n) is 4.50. The molecule has 0 spiro atoms. The average Bonchev–Trinajstić information content (AvgIpc) is 3.25. The molecule has 0 bridgehead atoms. The Kier molecular flexibility index (Phi) is 5.83. The first-order chi connectivity index (χ1) is 13.9. The summed E-state index contributed by atoms with van der Waals surface area (Å²) in [6, 6.07) is 14.6. The van der Waals surface area contributed by atoms with E-state index in [-0.39, 0.29) is 6.61 Å². The number of rotatable bonds is 5. The third-order valence-corrected chi connectivity index (χ3v) is 6.70. The highest BCUT2D eigenvalue weighted by Crippen LogP contribution is 2.31. The van der Waals surface area contributed by atoms with E-state index < -0.39 is 5.97 Å². The van der Waals surface area contributed by atoms with Gasteiger partial charge in [0.15, 0.2) is 0 Å². The van der Waals surface area contributed by atoms with Crippen LogP contribution >= 0.6 is 46.1 Å². The van der Waals surface area contributed by atoms with Gasteiger partial charge in [-0.2, -0.15) is 5.10 Å². The highest BCUT2D eigenvalue weighted by Gasteiger charge is 2.19. The molecule has 0 amide bonds. The number of ether oxygens (including phenoxy) is 1. The van der Waals surface area contributed by atoms with E-state index in [4.69, 9.17) is 39.5 Å². The molecule has 0 aliphatic carbocycles. The second kappa shape index (κ2) is 8.36. The minimum atomic E-state index is -0.425. The van der Waals surface area contributed by atoms with Crippen LogP contribution < -0.4 is 0 Å². The molecule has 4 aromatic rings. The molecular formula is C21H15Cl3N2O2S. The summed E-state index contributed by atoms with van der Waals surface area (Å²) in [5.74, 6) is -0.425. The number of nitrogens with zero attached hydrogens (tertiary/aromatic N) is 2. The molecule has 0 aliphatic heterocycles. The van der Waals surface area contributed by atoms with E-state index >= 15 is 0 Å². The van der Waals surface area contributed by atoms with Gasteiger partial charge in [-0.1, -0.05) is 59.1 Å². The number of carbonyl (C=O) groups is 1. The number of aryl methyl sites for hydroxylation is 1. The lowest BCUT2D eigenvalue weighted by molar-refractivity contribution is 0.0479. The van der Waals surface area contributed by atoms with Crippen molar-refractivity contribution >= 4 is 62.3 Å². The molecule has 2 heterocycles. The third kappa shape index (κ3) is 4.14. The lowest BCUT2D eigenvalue weighted by Crippen LogP contribution is -2.04. The Morgan fingerprint density at radius 3 is 2.48 bits per heavy atom. The van der Waals surface area contributed by atoms with Crippen LogP contribution in [0.1, 0.15) is 26.5 Å². The fourth-order valence-electron chi connectivity index (χ4n) is 2.99. The first-order valence-corrected chi connectivity index (χ1v) is 10.7. The summed E-state index contributed by atoms with van der Waals surface area (Å²) in [5.41, 5.74) is 2.40. The molecule has 0 saturated carbocycles. The van der Waals surface area contributed by atoms with Gasteiger partial charge in [0.2, 0.25) is 0 Å². The smallest absolute Gasteiger partial charge is 0.348 e. The molecule has 4 nitrogen and oxygen atoms in total. The largest absolute Gasteiger partial charge is 0.457 e. The van der Waals surface area contributed by atoms with Gasteiger partial charge in [-0.3, -0.25) is 4.68 Å².